The predicted molar refractivity (Wildman–Crippen MR) is 169 cm³/mol. The third kappa shape index (κ3) is 7.59. The molecule has 1 unspecified atom stereocenters. The van der Waals surface area contributed by atoms with Gasteiger partial charge >= 0.3 is 0 Å². The van der Waals surface area contributed by atoms with Crippen LogP contribution in [0.2, 0.25) is 5.04 Å². The van der Waals surface area contributed by atoms with Gasteiger partial charge in [0.05, 0.1) is 17.3 Å². The summed E-state index contributed by atoms with van der Waals surface area (Å²) in [6.07, 6.45) is 6.34. The van der Waals surface area contributed by atoms with Gasteiger partial charge < -0.3 is 4.43 Å². The molecule has 39 heavy (non-hydrogen) atoms. The second-order valence-electron chi connectivity index (χ2n) is 11.6. The van der Waals surface area contributed by atoms with Crippen LogP contribution >= 0.6 is 0 Å². The SMILES string of the molecule is C#CCN(C(C#Cc1ccccc1)CCO[Si](c1ccccc1)(c1ccccc1)C(C)(C)C)[S@](=O)C(C)(C)C. The van der Waals surface area contributed by atoms with Crippen molar-refractivity contribution in [2.75, 3.05) is 13.2 Å². The van der Waals surface area contributed by atoms with Crippen LogP contribution in [0.15, 0.2) is 91.0 Å². The molecule has 3 nitrogen and oxygen atoms in total. The van der Waals surface area contributed by atoms with E-state index in [0.717, 1.165) is 5.56 Å². The Labute approximate surface area is 239 Å². The average molecular weight is 556 g/mol. The fourth-order valence-corrected chi connectivity index (χ4v) is 10.7. The van der Waals surface area contributed by atoms with Gasteiger partial charge in [-0.25, -0.2) is 4.21 Å². The van der Waals surface area contributed by atoms with Crippen molar-refractivity contribution in [1.82, 2.24) is 4.31 Å². The summed E-state index contributed by atoms with van der Waals surface area (Å²) in [5.74, 6) is 9.41. The third-order valence-electron chi connectivity index (χ3n) is 6.62. The molecule has 0 amide bonds. The molecule has 0 fully saturated rings. The van der Waals surface area contributed by atoms with E-state index in [-0.39, 0.29) is 17.6 Å². The summed E-state index contributed by atoms with van der Waals surface area (Å²) in [6.45, 7) is 13.4. The van der Waals surface area contributed by atoms with E-state index < -0.39 is 24.1 Å². The zero-order chi connectivity index (χ0) is 28.5. The Kier molecular flexibility index (Phi) is 10.5. The minimum Gasteiger partial charge on any atom is -0.407 e. The lowest BCUT2D eigenvalue weighted by atomic mass is 10.1. The molecule has 5 heteroatoms. The van der Waals surface area contributed by atoms with Crippen molar-refractivity contribution in [3.05, 3.63) is 96.6 Å². The monoisotopic (exact) mass is 555 g/mol. The smallest absolute Gasteiger partial charge is 0.261 e. The van der Waals surface area contributed by atoms with Crippen LogP contribution in [-0.2, 0) is 15.4 Å². The van der Waals surface area contributed by atoms with E-state index in [9.17, 15) is 4.21 Å². The molecular weight excluding hydrogens is 515 g/mol. The first kappa shape index (κ1) is 30.6. The van der Waals surface area contributed by atoms with E-state index in [0.29, 0.717) is 13.0 Å². The van der Waals surface area contributed by atoms with Crippen molar-refractivity contribution in [2.24, 2.45) is 0 Å². The van der Waals surface area contributed by atoms with Gasteiger partial charge in [-0.2, -0.15) is 4.31 Å². The number of nitrogens with zero attached hydrogens (tertiary/aromatic N) is 1. The second kappa shape index (κ2) is 13.4. The first-order valence-electron chi connectivity index (χ1n) is 13.4. The highest BCUT2D eigenvalue weighted by Crippen LogP contribution is 2.37. The van der Waals surface area contributed by atoms with Crippen molar-refractivity contribution in [3.8, 4) is 24.2 Å². The summed E-state index contributed by atoms with van der Waals surface area (Å²) < 4.78 is 22.1. The zero-order valence-electron chi connectivity index (χ0n) is 24.1. The van der Waals surface area contributed by atoms with Crippen molar-refractivity contribution >= 4 is 29.7 Å². The van der Waals surface area contributed by atoms with Crippen LogP contribution in [0.25, 0.3) is 0 Å². The molecule has 0 aliphatic carbocycles. The normalized spacial score (nSPS) is 13.7. The van der Waals surface area contributed by atoms with E-state index in [1.54, 1.807) is 0 Å². The highest BCUT2D eigenvalue weighted by Gasteiger charge is 2.50. The van der Waals surface area contributed by atoms with Gasteiger partial charge in [0.1, 0.15) is 11.0 Å². The van der Waals surface area contributed by atoms with Crippen molar-refractivity contribution < 1.29 is 8.63 Å². The molecule has 204 valence electrons. The highest BCUT2D eigenvalue weighted by atomic mass is 32.2. The maximum atomic E-state index is 13.6. The molecule has 0 saturated heterocycles. The number of rotatable bonds is 9. The zero-order valence-corrected chi connectivity index (χ0v) is 25.9. The summed E-state index contributed by atoms with van der Waals surface area (Å²) in [7, 11) is -4.04. The maximum absolute atomic E-state index is 13.6. The number of hydrogen-bond acceptors (Lipinski definition) is 2. The molecule has 2 atom stereocenters. The minimum absolute atomic E-state index is 0.131. The van der Waals surface area contributed by atoms with Crippen molar-refractivity contribution in [3.63, 3.8) is 0 Å². The van der Waals surface area contributed by atoms with Gasteiger partial charge in [0.25, 0.3) is 8.32 Å². The first-order valence-corrected chi connectivity index (χ1v) is 16.5. The summed E-state index contributed by atoms with van der Waals surface area (Å²) in [6, 6.07) is 30.7. The lowest BCUT2D eigenvalue weighted by Gasteiger charge is -2.43. The van der Waals surface area contributed by atoms with E-state index in [4.69, 9.17) is 10.8 Å². The van der Waals surface area contributed by atoms with Crippen LogP contribution in [0.4, 0.5) is 0 Å². The van der Waals surface area contributed by atoms with Crippen LogP contribution < -0.4 is 10.4 Å². The van der Waals surface area contributed by atoms with E-state index in [1.807, 2.05) is 67.5 Å². The Morgan fingerprint density at radius 3 is 1.77 bits per heavy atom. The maximum Gasteiger partial charge on any atom is 0.261 e. The molecule has 0 bridgehead atoms. The summed E-state index contributed by atoms with van der Waals surface area (Å²) in [4.78, 5) is 0. The molecule has 0 heterocycles. The van der Waals surface area contributed by atoms with Gasteiger partial charge in [0, 0.05) is 12.2 Å². The summed E-state index contributed by atoms with van der Waals surface area (Å²) in [5.41, 5.74) is 0.914. The third-order valence-corrected chi connectivity index (χ3v) is 13.5. The second-order valence-corrected chi connectivity index (χ2v) is 18.1. The fraction of sp³-hybridized carbons (Fsp3) is 0.353. The molecule has 0 saturated carbocycles. The van der Waals surface area contributed by atoms with E-state index in [2.05, 4.69) is 87.1 Å². The van der Waals surface area contributed by atoms with Crippen LogP contribution in [0.3, 0.4) is 0 Å². The molecule has 0 aliphatic heterocycles. The molecule has 0 N–H and O–H groups in total. The molecule has 0 aromatic heterocycles. The summed E-state index contributed by atoms with van der Waals surface area (Å²) >= 11 is 0. The first-order chi connectivity index (χ1) is 18.5. The molecule has 3 rings (SSSR count). The fourth-order valence-electron chi connectivity index (χ4n) is 4.79. The molecular formula is C34H41NO2SSi. The number of benzene rings is 3. The highest BCUT2D eigenvalue weighted by molar-refractivity contribution is 7.84. The van der Waals surface area contributed by atoms with Crippen LogP contribution in [-0.4, -0.2) is 40.8 Å². The van der Waals surface area contributed by atoms with Gasteiger partial charge in [-0.05, 0) is 54.7 Å². The van der Waals surface area contributed by atoms with E-state index in [1.165, 1.54) is 10.4 Å². The Morgan fingerprint density at radius 2 is 1.33 bits per heavy atom. The summed E-state index contributed by atoms with van der Waals surface area (Å²) in [5, 5.41) is 2.33. The van der Waals surface area contributed by atoms with Gasteiger partial charge in [-0.15, -0.1) is 6.42 Å². The molecule has 3 aromatic carbocycles. The molecule has 3 aromatic rings. The predicted octanol–water partition coefficient (Wildman–Crippen LogP) is 5.77. The van der Waals surface area contributed by atoms with Gasteiger partial charge in [-0.3, -0.25) is 0 Å². The van der Waals surface area contributed by atoms with Crippen molar-refractivity contribution in [2.45, 2.75) is 63.8 Å². The average Bonchev–Trinajstić information content (AvgIpc) is 2.91. The Balaban J connectivity index is 2.02. The number of hydrogen-bond donors (Lipinski definition) is 0. The van der Waals surface area contributed by atoms with E-state index >= 15 is 0 Å². The van der Waals surface area contributed by atoms with Crippen LogP contribution in [0.5, 0.6) is 0 Å². The van der Waals surface area contributed by atoms with Crippen LogP contribution in [0.1, 0.15) is 53.5 Å². The lowest BCUT2D eigenvalue weighted by Crippen LogP contribution is -2.66. The molecule has 0 radical (unpaired) electrons. The van der Waals surface area contributed by atoms with Gasteiger partial charge in [0.2, 0.25) is 0 Å². The van der Waals surface area contributed by atoms with Gasteiger partial charge in [0.15, 0.2) is 0 Å². The van der Waals surface area contributed by atoms with Crippen LogP contribution in [0, 0.1) is 24.2 Å². The molecule has 0 aliphatic rings. The Morgan fingerprint density at radius 1 is 0.846 bits per heavy atom. The van der Waals surface area contributed by atoms with Gasteiger partial charge in [-0.1, -0.05) is 117 Å². The standard InChI is InChI=1S/C34H41NO2SSi/c1-8-27-35(38(36)33(2,3)4)30(25-24-29-18-12-9-13-19-29)26-28-37-39(34(5,6)7,31-20-14-10-15-21-31)32-22-16-11-17-23-32/h1,9-23,30H,26-28H2,2-7H3/t30?,38-/m1/s1. The molecule has 0 spiro atoms. The Hall–Kier alpha value is -2.93. The topological polar surface area (TPSA) is 29.5 Å². The minimum atomic E-state index is -2.70. The lowest BCUT2D eigenvalue weighted by molar-refractivity contribution is 0.262. The van der Waals surface area contributed by atoms with Crippen molar-refractivity contribution in [1.29, 1.82) is 0 Å². The quantitative estimate of drug-likeness (QED) is 0.248. The Bertz CT molecular complexity index is 1270. The number of terminal acetylenes is 1. The largest absolute Gasteiger partial charge is 0.407 e.